The lowest BCUT2D eigenvalue weighted by molar-refractivity contribution is 0.714. The van der Waals surface area contributed by atoms with Crippen LogP contribution in [0.4, 0.5) is 0 Å². The molecular formula is C42H28S. The van der Waals surface area contributed by atoms with E-state index in [1.54, 1.807) is 0 Å². The van der Waals surface area contributed by atoms with Gasteiger partial charge in [0.2, 0.25) is 0 Å². The van der Waals surface area contributed by atoms with Crippen LogP contribution < -0.4 is 0 Å². The van der Waals surface area contributed by atoms with E-state index >= 15 is 0 Å². The normalized spacial score (nSPS) is 16.0. The van der Waals surface area contributed by atoms with Gasteiger partial charge in [0, 0.05) is 20.6 Å². The van der Waals surface area contributed by atoms with Gasteiger partial charge in [-0.3, -0.25) is 0 Å². The molecule has 0 radical (unpaired) electrons. The van der Waals surface area contributed by atoms with Gasteiger partial charge < -0.3 is 0 Å². The van der Waals surface area contributed by atoms with Crippen LogP contribution in [0.5, 0.6) is 0 Å². The summed E-state index contributed by atoms with van der Waals surface area (Å²) in [7, 11) is 0. The quantitative estimate of drug-likeness (QED) is 0.206. The van der Waals surface area contributed by atoms with Gasteiger partial charge in [-0.25, -0.2) is 0 Å². The van der Waals surface area contributed by atoms with Gasteiger partial charge in [0.05, 0.1) is 0 Å². The molecule has 0 saturated carbocycles. The molecule has 7 aromatic rings. The number of hydrogen-bond donors (Lipinski definition) is 0. The highest BCUT2D eigenvalue weighted by atomic mass is 32.2. The summed E-state index contributed by atoms with van der Waals surface area (Å²) in [6, 6.07) is 56.2. The van der Waals surface area contributed by atoms with Crippen LogP contribution in [0.3, 0.4) is 0 Å². The van der Waals surface area contributed by atoms with E-state index in [9.17, 15) is 0 Å². The number of fused-ring (bicyclic) bond motifs is 5. The van der Waals surface area contributed by atoms with Crippen LogP contribution in [0.15, 0.2) is 161 Å². The minimum absolute atomic E-state index is 0.191. The average Bonchev–Trinajstić information content (AvgIpc) is 3.34. The maximum Gasteiger partial charge on any atom is 0.0435 e. The predicted molar refractivity (Wildman–Crippen MR) is 182 cm³/mol. The minimum Gasteiger partial charge on any atom is -0.0888 e. The Balaban J connectivity index is 1.14. The summed E-state index contributed by atoms with van der Waals surface area (Å²) < 4.78 is 0. The fraction of sp³-hybridized carbons (Fsp3) is 0.0476. The largest absolute Gasteiger partial charge is 0.0888 e. The van der Waals surface area contributed by atoms with Crippen LogP contribution in [-0.4, -0.2) is 0 Å². The molecule has 1 aliphatic carbocycles. The van der Waals surface area contributed by atoms with E-state index in [-0.39, 0.29) is 5.41 Å². The van der Waals surface area contributed by atoms with Crippen LogP contribution in [0.2, 0.25) is 0 Å². The van der Waals surface area contributed by atoms with E-state index < -0.39 is 0 Å². The van der Waals surface area contributed by atoms with Gasteiger partial charge in [-0.1, -0.05) is 145 Å². The highest BCUT2D eigenvalue weighted by molar-refractivity contribution is 7.99. The number of rotatable bonds is 3. The second kappa shape index (κ2) is 9.33. The van der Waals surface area contributed by atoms with Crippen LogP contribution in [-0.2, 0) is 5.41 Å². The molecule has 7 aromatic carbocycles. The molecule has 1 unspecified atom stereocenters. The second-order valence-electron chi connectivity index (χ2n) is 11.8. The van der Waals surface area contributed by atoms with Gasteiger partial charge in [-0.15, -0.1) is 0 Å². The Bertz CT molecular complexity index is 2210. The van der Waals surface area contributed by atoms with Gasteiger partial charge in [0.1, 0.15) is 0 Å². The first-order chi connectivity index (χ1) is 21.2. The molecule has 0 amide bonds. The molecule has 0 bridgehead atoms. The third-order valence-electron chi connectivity index (χ3n) is 9.59. The van der Waals surface area contributed by atoms with Crippen molar-refractivity contribution in [2.24, 2.45) is 0 Å². The molecule has 0 saturated heterocycles. The van der Waals surface area contributed by atoms with Gasteiger partial charge in [-0.2, -0.15) is 0 Å². The van der Waals surface area contributed by atoms with Crippen LogP contribution in [0.25, 0.3) is 55.3 Å². The molecule has 202 valence electrons. The van der Waals surface area contributed by atoms with Gasteiger partial charge in [0.15, 0.2) is 0 Å². The number of hydrogen-bond acceptors (Lipinski definition) is 1. The zero-order valence-corrected chi connectivity index (χ0v) is 24.7. The van der Waals surface area contributed by atoms with E-state index in [4.69, 9.17) is 0 Å². The summed E-state index contributed by atoms with van der Waals surface area (Å²) >= 11 is 1.88. The third kappa shape index (κ3) is 3.59. The molecule has 1 aliphatic heterocycles. The maximum absolute atomic E-state index is 2.43. The number of benzene rings is 7. The van der Waals surface area contributed by atoms with Crippen molar-refractivity contribution in [3.63, 3.8) is 0 Å². The lowest BCUT2D eigenvalue weighted by Crippen LogP contribution is -2.22. The fourth-order valence-corrected chi connectivity index (χ4v) is 8.56. The molecule has 0 N–H and O–H groups in total. The first-order valence-corrected chi connectivity index (χ1v) is 15.8. The smallest absolute Gasteiger partial charge is 0.0435 e. The standard InChI is InChI=1S/C42H28S/c1-42(30-10-3-2-4-11-30)37-16-7-5-12-32(37)33-23-22-29(26-38(33)42)27-18-20-28(21-19-27)31-24-25-40-41-35(31)14-9-15-36(41)34-13-6-8-17-39(34)43-40/h2-26H,1H3. The molecule has 1 heterocycles. The summed E-state index contributed by atoms with van der Waals surface area (Å²) in [5, 5.41) is 2.69. The van der Waals surface area contributed by atoms with Crippen molar-refractivity contribution in [1.29, 1.82) is 0 Å². The van der Waals surface area contributed by atoms with Crippen molar-refractivity contribution < 1.29 is 0 Å². The molecular weight excluding hydrogens is 537 g/mol. The van der Waals surface area contributed by atoms with Crippen molar-refractivity contribution in [1.82, 2.24) is 0 Å². The zero-order chi connectivity index (χ0) is 28.5. The van der Waals surface area contributed by atoms with Crippen LogP contribution in [0.1, 0.15) is 23.6 Å². The molecule has 0 spiro atoms. The monoisotopic (exact) mass is 564 g/mol. The van der Waals surface area contributed by atoms with Crippen molar-refractivity contribution in [2.45, 2.75) is 22.1 Å². The van der Waals surface area contributed by atoms with E-state index in [2.05, 4.69) is 159 Å². The summed E-state index contributed by atoms with van der Waals surface area (Å²) in [5.41, 5.74) is 14.3. The maximum atomic E-state index is 2.43. The first kappa shape index (κ1) is 24.7. The Hall–Kier alpha value is -4.85. The summed E-state index contributed by atoms with van der Waals surface area (Å²) in [5.74, 6) is 0. The zero-order valence-electron chi connectivity index (χ0n) is 23.8. The molecule has 0 nitrogen and oxygen atoms in total. The molecule has 1 heteroatoms. The first-order valence-electron chi connectivity index (χ1n) is 14.9. The van der Waals surface area contributed by atoms with E-state index in [0.717, 1.165) is 0 Å². The van der Waals surface area contributed by atoms with Gasteiger partial charge >= 0.3 is 0 Å². The summed E-state index contributed by atoms with van der Waals surface area (Å²) in [6.45, 7) is 2.38. The van der Waals surface area contributed by atoms with Crippen LogP contribution in [0, 0.1) is 0 Å². The molecule has 9 rings (SSSR count). The van der Waals surface area contributed by atoms with Crippen molar-refractivity contribution in [3.05, 3.63) is 168 Å². The Kier molecular flexibility index (Phi) is 5.36. The SMILES string of the molecule is CC1(c2ccccc2)c2ccccc2-c2ccc(-c3ccc(-c4ccc5c6c(cccc46)-c4ccccc4S5)cc3)cc21. The third-order valence-corrected chi connectivity index (χ3v) is 10.7. The molecule has 2 aliphatic rings. The topological polar surface area (TPSA) is 0 Å². The van der Waals surface area contributed by atoms with Crippen LogP contribution >= 0.6 is 11.8 Å². The highest BCUT2D eigenvalue weighted by Crippen LogP contribution is 2.53. The van der Waals surface area contributed by atoms with Crippen molar-refractivity contribution in [3.8, 4) is 44.5 Å². The molecule has 0 fully saturated rings. The highest BCUT2D eigenvalue weighted by Gasteiger charge is 2.40. The minimum atomic E-state index is -0.191. The van der Waals surface area contributed by atoms with E-state index in [1.807, 2.05) is 11.8 Å². The average molecular weight is 565 g/mol. The Morgan fingerprint density at radius 3 is 1.93 bits per heavy atom. The van der Waals surface area contributed by atoms with Crippen molar-refractivity contribution in [2.75, 3.05) is 0 Å². The van der Waals surface area contributed by atoms with Gasteiger partial charge in [-0.05, 0) is 91.7 Å². The molecule has 0 aromatic heterocycles. The lowest BCUT2D eigenvalue weighted by atomic mass is 9.74. The predicted octanol–water partition coefficient (Wildman–Crippen LogP) is 11.6. The Morgan fingerprint density at radius 1 is 0.419 bits per heavy atom. The van der Waals surface area contributed by atoms with Crippen molar-refractivity contribution >= 4 is 22.5 Å². The van der Waals surface area contributed by atoms with E-state index in [1.165, 1.54) is 81.8 Å². The Labute approximate surface area is 256 Å². The molecule has 1 atom stereocenters. The molecule has 43 heavy (non-hydrogen) atoms. The summed E-state index contributed by atoms with van der Waals surface area (Å²) in [6.07, 6.45) is 0. The Morgan fingerprint density at radius 2 is 1.07 bits per heavy atom. The summed E-state index contributed by atoms with van der Waals surface area (Å²) in [4.78, 5) is 2.67. The second-order valence-corrected chi connectivity index (χ2v) is 12.9. The lowest BCUT2D eigenvalue weighted by Gasteiger charge is -2.28. The van der Waals surface area contributed by atoms with Gasteiger partial charge in [0.25, 0.3) is 0 Å². The fourth-order valence-electron chi connectivity index (χ4n) is 7.43. The van der Waals surface area contributed by atoms with E-state index in [0.29, 0.717) is 0 Å².